The van der Waals surface area contributed by atoms with Crippen LogP contribution >= 0.6 is 0 Å². The first-order valence-corrected chi connectivity index (χ1v) is 9.06. The van der Waals surface area contributed by atoms with Gasteiger partial charge in [-0.15, -0.1) is 0 Å². The SMILES string of the molecule is CN(C)CCN(C)S(=O)(=O)c1ccc(-c2ccccc2C=O)cc1. The molecule has 0 heterocycles. The van der Waals surface area contributed by atoms with Gasteiger partial charge in [-0.05, 0) is 37.4 Å². The highest BCUT2D eigenvalue weighted by molar-refractivity contribution is 7.89. The van der Waals surface area contributed by atoms with Gasteiger partial charge in [0.1, 0.15) is 0 Å². The topological polar surface area (TPSA) is 57.7 Å². The standard InChI is InChI=1S/C18H22N2O3S/c1-19(2)12-13-20(3)24(22,23)17-10-8-15(9-11-17)18-7-5-4-6-16(18)14-21/h4-11,14H,12-13H2,1-3H3. The number of likely N-dealkylation sites (N-methyl/N-ethyl adjacent to an activating group) is 2. The van der Waals surface area contributed by atoms with E-state index < -0.39 is 10.0 Å². The van der Waals surface area contributed by atoms with E-state index in [-0.39, 0.29) is 4.90 Å². The summed E-state index contributed by atoms with van der Waals surface area (Å²) in [6.45, 7) is 1.07. The lowest BCUT2D eigenvalue weighted by Crippen LogP contribution is -2.33. The first-order valence-electron chi connectivity index (χ1n) is 7.62. The molecule has 0 N–H and O–H groups in total. The highest BCUT2D eigenvalue weighted by atomic mass is 32.2. The second-order valence-electron chi connectivity index (χ2n) is 5.86. The van der Waals surface area contributed by atoms with Crippen LogP contribution in [0.25, 0.3) is 11.1 Å². The summed E-state index contributed by atoms with van der Waals surface area (Å²) in [5, 5.41) is 0. The summed E-state index contributed by atoms with van der Waals surface area (Å²) >= 11 is 0. The van der Waals surface area contributed by atoms with Crippen molar-refractivity contribution >= 4 is 16.3 Å². The molecule has 0 spiro atoms. The predicted octanol–water partition coefficient (Wildman–Crippen LogP) is 2.35. The molecule has 0 aromatic heterocycles. The molecule has 2 aromatic carbocycles. The zero-order valence-corrected chi connectivity index (χ0v) is 15.0. The van der Waals surface area contributed by atoms with E-state index in [2.05, 4.69) is 0 Å². The van der Waals surface area contributed by atoms with E-state index in [1.165, 1.54) is 4.31 Å². The molecule has 0 atom stereocenters. The van der Waals surface area contributed by atoms with Crippen molar-refractivity contribution in [3.63, 3.8) is 0 Å². The van der Waals surface area contributed by atoms with Gasteiger partial charge in [-0.3, -0.25) is 4.79 Å². The Morgan fingerprint density at radius 2 is 1.54 bits per heavy atom. The summed E-state index contributed by atoms with van der Waals surface area (Å²) in [6.07, 6.45) is 0.801. The van der Waals surface area contributed by atoms with Gasteiger partial charge in [0.15, 0.2) is 6.29 Å². The van der Waals surface area contributed by atoms with E-state index in [1.807, 2.05) is 31.1 Å². The van der Waals surface area contributed by atoms with Gasteiger partial charge in [0.05, 0.1) is 4.90 Å². The zero-order chi connectivity index (χ0) is 17.7. The smallest absolute Gasteiger partial charge is 0.242 e. The number of carbonyl (C=O) groups is 1. The maximum atomic E-state index is 12.6. The molecule has 5 nitrogen and oxygen atoms in total. The van der Waals surface area contributed by atoms with Gasteiger partial charge < -0.3 is 4.90 Å². The van der Waals surface area contributed by atoms with Crippen molar-refractivity contribution in [3.05, 3.63) is 54.1 Å². The first-order chi connectivity index (χ1) is 11.4. The monoisotopic (exact) mass is 346 g/mol. The molecule has 0 aliphatic heterocycles. The third-order valence-corrected chi connectivity index (χ3v) is 5.69. The van der Waals surface area contributed by atoms with Gasteiger partial charge in [0.2, 0.25) is 10.0 Å². The minimum absolute atomic E-state index is 0.246. The van der Waals surface area contributed by atoms with Crippen molar-refractivity contribution in [2.75, 3.05) is 34.2 Å². The number of sulfonamides is 1. The van der Waals surface area contributed by atoms with Crippen molar-refractivity contribution in [2.45, 2.75) is 4.90 Å². The number of benzene rings is 2. The number of aldehydes is 1. The van der Waals surface area contributed by atoms with Crippen LogP contribution in [-0.4, -0.2) is 58.1 Å². The van der Waals surface area contributed by atoms with Crippen molar-refractivity contribution < 1.29 is 13.2 Å². The predicted molar refractivity (Wildman–Crippen MR) is 95.6 cm³/mol. The Labute approximate surface area is 143 Å². The van der Waals surface area contributed by atoms with Crippen molar-refractivity contribution in [3.8, 4) is 11.1 Å². The molecule has 0 amide bonds. The van der Waals surface area contributed by atoms with Crippen LogP contribution in [0.1, 0.15) is 10.4 Å². The second kappa shape index (κ2) is 7.70. The second-order valence-corrected chi connectivity index (χ2v) is 7.90. The van der Waals surface area contributed by atoms with Gasteiger partial charge >= 0.3 is 0 Å². The average molecular weight is 346 g/mol. The van der Waals surface area contributed by atoms with Gasteiger partial charge in [-0.2, -0.15) is 4.31 Å². The van der Waals surface area contributed by atoms with E-state index in [0.29, 0.717) is 18.7 Å². The fourth-order valence-corrected chi connectivity index (χ4v) is 3.47. The van der Waals surface area contributed by atoms with Crippen LogP contribution in [0.4, 0.5) is 0 Å². The van der Waals surface area contributed by atoms with Gasteiger partial charge in [-0.1, -0.05) is 36.4 Å². The molecule has 0 aliphatic carbocycles. The van der Waals surface area contributed by atoms with Crippen molar-refractivity contribution in [1.82, 2.24) is 9.21 Å². The summed E-state index contributed by atoms with van der Waals surface area (Å²) in [5.74, 6) is 0. The molecule has 0 radical (unpaired) electrons. The van der Waals surface area contributed by atoms with E-state index in [4.69, 9.17) is 0 Å². The lowest BCUT2D eigenvalue weighted by atomic mass is 10.0. The van der Waals surface area contributed by atoms with Gasteiger partial charge in [-0.25, -0.2) is 8.42 Å². The summed E-state index contributed by atoms with van der Waals surface area (Å²) in [7, 11) is 1.87. The lowest BCUT2D eigenvalue weighted by Gasteiger charge is -2.19. The van der Waals surface area contributed by atoms with Gasteiger partial charge in [0.25, 0.3) is 0 Å². The van der Waals surface area contributed by atoms with E-state index in [9.17, 15) is 13.2 Å². The van der Waals surface area contributed by atoms with Crippen LogP contribution in [0.15, 0.2) is 53.4 Å². The summed E-state index contributed by atoms with van der Waals surface area (Å²) in [4.78, 5) is 13.3. The maximum Gasteiger partial charge on any atom is 0.242 e. The molecule has 0 aliphatic rings. The first kappa shape index (κ1) is 18.3. The fourth-order valence-electron chi connectivity index (χ4n) is 2.31. The van der Waals surface area contributed by atoms with Gasteiger partial charge in [0, 0.05) is 25.7 Å². The number of rotatable bonds is 7. The highest BCUT2D eigenvalue weighted by Gasteiger charge is 2.20. The molecule has 0 bridgehead atoms. The number of hydrogen-bond acceptors (Lipinski definition) is 4. The largest absolute Gasteiger partial charge is 0.308 e. The lowest BCUT2D eigenvalue weighted by molar-refractivity contribution is 0.112. The molecule has 0 unspecified atom stereocenters. The Bertz CT molecular complexity index is 799. The third-order valence-electron chi connectivity index (χ3n) is 3.82. The van der Waals surface area contributed by atoms with Crippen molar-refractivity contribution in [1.29, 1.82) is 0 Å². The summed E-state index contributed by atoms with van der Waals surface area (Å²) in [5.41, 5.74) is 2.18. The van der Waals surface area contributed by atoms with Crippen LogP contribution < -0.4 is 0 Å². The zero-order valence-electron chi connectivity index (χ0n) is 14.1. The van der Waals surface area contributed by atoms with E-state index in [0.717, 1.165) is 17.4 Å². The quantitative estimate of drug-likeness (QED) is 0.722. The third kappa shape index (κ3) is 4.08. The Balaban J connectivity index is 2.27. The summed E-state index contributed by atoms with van der Waals surface area (Å²) in [6, 6.07) is 13.9. The number of nitrogens with zero attached hydrogens (tertiary/aromatic N) is 2. The normalized spacial score (nSPS) is 11.9. The molecule has 2 rings (SSSR count). The van der Waals surface area contributed by atoms with E-state index in [1.54, 1.807) is 43.4 Å². The Kier molecular flexibility index (Phi) is 5.88. The van der Waals surface area contributed by atoms with Crippen LogP contribution in [0.2, 0.25) is 0 Å². The molecule has 0 saturated heterocycles. The molecule has 2 aromatic rings. The summed E-state index contributed by atoms with van der Waals surface area (Å²) < 4.78 is 26.5. The Morgan fingerprint density at radius 1 is 0.917 bits per heavy atom. The minimum Gasteiger partial charge on any atom is -0.308 e. The van der Waals surface area contributed by atoms with Crippen molar-refractivity contribution in [2.24, 2.45) is 0 Å². The molecular formula is C18H22N2O3S. The average Bonchev–Trinajstić information content (AvgIpc) is 2.59. The number of carbonyl (C=O) groups excluding carboxylic acids is 1. The highest BCUT2D eigenvalue weighted by Crippen LogP contribution is 2.25. The Hall–Kier alpha value is -2.02. The molecule has 128 valence electrons. The van der Waals surface area contributed by atoms with Crippen LogP contribution in [0.5, 0.6) is 0 Å². The van der Waals surface area contributed by atoms with E-state index >= 15 is 0 Å². The maximum absolute atomic E-state index is 12.6. The fraction of sp³-hybridized carbons (Fsp3) is 0.278. The minimum atomic E-state index is -3.51. The van der Waals surface area contributed by atoms with Crippen LogP contribution in [0.3, 0.4) is 0 Å². The molecule has 0 fully saturated rings. The van der Waals surface area contributed by atoms with Crippen LogP contribution in [-0.2, 0) is 10.0 Å². The van der Waals surface area contributed by atoms with Crippen LogP contribution in [0, 0.1) is 0 Å². The number of hydrogen-bond donors (Lipinski definition) is 0. The Morgan fingerprint density at radius 3 is 2.12 bits per heavy atom. The molecule has 0 saturated carbocycles. The molecule has 6 heteroatoms. The molecular weight excluding hydrogens is 324 g/mol. The molecule has 24 heavy (non-hydrogen) atoms.